The van der Waals surface area contributed by atoms with Gasteiger partial charge in [-0.1, -0.05) is 17.7 Å². The maximum atomic E-state index is 12.2. The summed E-state index contributed by atoms with van der Waals surface area (Å²) in [6.07, 6.45) is 0. The Morgan fingerprint density at radius 1 is 1.29 bits per heavy atom. The van der Waals surface area contributed by atoms with Gasteiger partial charge in [0.15, 0.2) is 0 Å². The van der Waals surface area contributed by atoms with Crippen LogP contribution in [0.2, 0.25) is 5.02 Å². The molecule has 1 aromatic carbocycles. The van der Waals surface area contributed by atoms with E-state index in [-0.39, 0.29) is 18.0 Å². The summed E-state index contributed by atoms with van der Waals surface area (Å²) in [7, 11) is -3.68. The van der Waals surface area contributed by atoms with E-state index < -0.39 is 10.0 Å². The average Bonchev–Trinajstić information content (AvgIpc) is 2.46. The van der Waals surface area contributed by atoms with Crippen LogP contribution in [0, 0.1) is 6.92 Å². The molecule has 2 rings (SSSR count). The van der Waals surface area contributed by atoms with Gasteiger partial charge in [0.25, 0.3) is 0 Å². The number of aliphatic hydroxyl groups excluding tert-OH is 1. The molecular formula is C14H15ClN2O3S. The summed E-state index contributed by atoms with van der Waals surface area (Å²) < 4.78 is 26.9. The fraction of sp³-hybridized carbons (Fsp3) is 0.214. The minimum Gasteiger partial charge on any atom is -0.392 e. The average molecular weight is 327 g/mol. The molecule has 0 radical (unpaired) electrons. The van der Waals surface area contributed by atoms with E-state index in [4.69, 9.17) is 16.7 Å². The SMILES string of the molecule is Cc1cccc(CNS(=O)(=O)c2ccc(Cl)c(CO)c2)n1. The minimum absolute atomic E-state index is 0.0589. The highest BCUT2D eigenvalue weighted by molar-refractivity contribution is 7.89. The monoisotopic (exact) mass is 326 g/mol. The van der Waals surface area contributed by atoms with Crippen LogP contribution in [-0.4, -0.2) is 18.5 Å². The number of aliphatic hydroxyl groups is 1. The molecule has 0 unspecified atom stereocenters. The molecule has 1 heterocycles. The normalized spacial score (nSPS) is 11.6. The van der Waals surface area contributed by atoms with Gasteiger partial charge >= 0.3 is 0 Å². The van der Waals surface area contributed by atoms with Gasteiger partial charge in [-0.3, -0.25) is 4.98 Å². The van der Waals surface area contributed by atoms with E-state index in [9.17, 15) is 8.42 Å². The molecule has 112 valence electrons. The lowest BCUT2D eigenvalue weighted by Gasteiger charge is -2.09. The van der Waals surface area contributed by atoms with Crippen LogP contribution in [0.25, 0.3) is 0 Å². The molecule has 0 spiro atoms. The Morgan fingerprint density at radius 2 is 2.05 bits per heavy atom. The minimum atomic E-state index is -3.68. The van der Waals surface area contributed by atoms with Gasteiger partial charge in [0, 0.05) is 10.7 Å². The molecule has 0 atom stereocenters. The maximum Gasteiger partial charge on any atom is 0.240 e. The van der Waals surface area contributed by atoms with Crippen molar-refractivity contribution in [1.82, 2.24) is 9.71 Å². The van der Waals surface area contributed by atoms with Gasteiger partial charge in [0.1, 0.15) is 0 Å². The zero-order chi connectivity index (χ0) is 15.5. The highest BCUT2D eigenvalue weighted by Gasteiger charge is 2.15. The Labute approximate surface area is 128 Å². The number of nitrogens with zero attached hydrogens (tertiary/aromatic N) is 1. The second-order valence-electron chi connectivity index (χ2n) is 4.51. The summed E-state index contributed by atoms with van der Waals surface area (Å²) in [5.74, 6) is 0. The fourth-order valence-electron chi connectivity index (χ4n) is 1.79. The summed E-state index contributed by atoms with van der Waals surface area (Å²) >= 11 is 5.85. The van der Waals surface area contributed by atoms with Crippen LogP contribution in [0.15, 0.2) is 41.3 Å². The Balaban J connectivity index is 2.18. The van der Waals surface area contributed by atoms with E-state index in [1.165, 1.54) is 18.2 Å². The zero-order valence-electron chi connectivity index (χ0n) is 11.4. The van der Waals surface area contributed by atoms with Crippen LogP contribution in [0.1, 0.15) is 17.0 Å². The molecule has 0 aliphatic rings. The number of nitrogens with one attached hydrogen (secondary N) is 1. The van der Waals surface area contributed by atoms with Gasteiger partial charge in [-0.25, -0.2) is 13.1 Å². The lowest BCUT2D eigenvalue weighted by atomic mass is 10.2. The van der Waals surface area contributed by atoms with Crippen molar-refractivity contribution in [2.75, 3.05) is 0 Å². The van der Waals surface area contributed by atoms with Crippen molar-refractivity contribution in [3.05, 3.63) is 58.4 Å². The Morgan fingerprint density at radius 3 is 2.71 bits per heavy atom. The highest BCUT2D eigenvalue weighted by Crippen LogP contribution is 2.20. The largest absolute Gasteiger partial charge is 0.392 e. The van der Waals surface area contributed by atoms with E-state index in [1.54, 1.807) is 6.07 Å². The molecule has 7 heteroatoms. The summed E-state index contributed by atoms with van der Waals surface area (Å²) in [5, 5.41) is 9.47. The number of aryl methyl sites for hydroxylation is 1. The van der Waals surface area contributed by atoms with E-state index >= 15 is 0 Å². The van der Waals surface area contributed by atoms with Gasteiger partial charge in [-0.2, -0.15) is 0 Å². The summed E-state index contributed by atoms with van der Waals surface area (Å²) in [6.45, 7) is 1.62. The predicted molar refractivity (Wildman–Crippen MR) is 80.4 cm³/mol. The van der Waals surface area contributed by atoms with E-state index in [2.05, 4.69) is 9.71 Å². The molecule has 2 N–H and O–H groups in total. The van der Waals surface area contributed by atoms with Crippen LogP contribution >= 0.6 is 11.6 Å². The Hall–Kier alpha value is -1.47. The van der Waals surface area contributed by atoms with Crippen molar-refractivity contribution in [3.63, 3.8) is 0 Å². The molecule has 0 saturated carbocycles. The first-order valence-electron chi connectivity index (χ1n) is 6.24. The lowest BCUT2D eigenvalue weighted by Crippen LogP contribution is -2.24. The standard InChI is InChI=1S/C14H15ClN2O3S/c1-10-3-2-4-12(17-10)8-16-21(19,20)13-5-6-14(15)11(7-13)9-18/h2-7,16,18H,8-9H2,1H3. The van der Waals surface area contributed by atoms with Crippen LogP contribution < -0.4 is 4.72 Å². The van der Waals surface area contributed by atoms with Crippen molar-refractivity contribution in [2.45, 2.75) is 25.0 Å². The maximum absolute atomic E-state index is 12.2. The zero-order valence-corrected chi connectivity index (χ0v) is 12.9. The molecule has 0 aliphatic heterocycles. The second kappa shape index (κ2) is 6.53. The molecule has 0 amide bonds. The molecule has 0 bridgehead atoms. The highest BCUT2D eigenvalue weighted by atomic mass is 35.5. The Bertz CT molecular complexity index is 748. The summed E-state index contributed by atoms with van der Waals surface area (Å²) in [5.41, 5.74) is 1.82. The lowest BCUT2D eigenvalue weighted by molar-refractivity contribution is 0.281. The first kappa shape index (κ1) is 15.9. The smallest absolute Gasteiger partial charge is 0.240 e. The van der Waals surface area contributed by atoms with Crippen LogP contribution in [0.4, 0.5) is 0 Å². The molecule has 0 saturated heterocycles. The first-order chi connectivity index (χ1) is 9.92. The number of pyridine rings is 1. The predicted octanol–water partition coefficient (Wildman–Crippen LogP) is 2.01. The van der Waals surface area contributed by atoms with Gasteiger partial charge in [-0.15, -0.1) is 0 Å². The first-order valence-corrected chi connectivity index (χ1v) is 8.10. The topological polar surface area (TPSA) is 79.3 Å². The molecule has 21 heavy (non-hydrogen) atoms. The number of sulfonamides is 1. The van der Waals surface area contributed by atoms with Gasteiger partial charge in [0.05, 0.1) is 23.7 Å². The van der Waals surface area contributed by atoms with E-state index in [0.29, 0.717) is 16.3 Å². The van der Waals surface area contributed by atoms with Gasteiger partial charge in [-0.05, 0) is 42.8 Å². The molecule has 1 aromatic heterocycles. The number of halogens is 1. The van der Waals surface area contributed by atoms with Crippen LogP contribution in [0.5, 0.6) is 0 Å². The van der Waals surface area contributed by atoms with Crippen molar-refractivity contribution in [3.8, 4) is 0 Å². The van der Waals surface area contributed by atoms with Crippen molar-refractivity contribution < 1.29 is 13.5 Å². The van der Waals surface area contributed by atoms with Crippen molar-refractivity contribution in [2.24, 2.45) is 0 Å². The number of benzene rings is 1. The number of rotatable bonds is 5. The van der Waals surface area contributed by atoms with Crippen LogP contribution in [0.3, 0.4) is 0 Å². The molecule has 0 aliphatic carbocycles. The molecule has 2 aromatic rings. The number of aromatic nitrogens is 1. The number of hydrogen-bond donors (Lipinski definition) is 2. The molecule has 5 nitrogen and oxygen atoms in total. The molecular weight excluding hydrogens is 312 g/mol. The Kier molecular flexibility index (Phi) is 4.95. The fourth-order valence-corrected chi connectivity index (χ4v) is 3.02. The van der Waals surface area contributed by atoms with Gasteiger partial charge < -0.3 is 5.11 Å². The second-order valence-corrected chi connectivity index (χ2v) is 6.68. The molecule has 0 fully saturated rings. The summed E-state index contributed by atoms with van der Waals surface area (Å²) in [4.78, 5) is 4.29. The van der Waals surface area contributed by atoms with E-state index in [0.717, 1.165) is 5.69 Å². The third kappa shape index (κ3) is 4.01. The van der Waals surface area contributed by atoms with E-state index in [1.807, 2.05) is 19.1 Å². The number of hydrogen-bond acceptors (Lipinski definition) is 4. The quantitative estimate of drug-likeness (QED) is 0.881. The third-order valence-corrected chi connectivity index (χ3v) is 4.65. The van der Waals surface area contributed by atoms with Gasteiger partial charge in [0.2, 0.25) is 10.0 Å². The van der Waals surface area contributed by atoms with Crippen LogP contribution in [-0.2, 0) is 23.2 Å². The summed E-state index contributed by atoms with van der Waals surface area (Å²) in [6, 6.07) is 9.60. The van der Waals surface area contributed by atoms with Crippen molar-refractivity contribution in [1.29, 1.82) is 0 Å². The third-order valence-electron chi connectivity index (χ3n) is 2.89. The van der Waals surface area contributed by atoms with Crippen molar-refractivity contribution >= 4 is 21.6 Å².